The molecule has 0 aliphatic carbocycles. The van der Waals surface area contributed by atoms with Crippen LogP contribution in [0.2, 0.25) is 0 Å². The number of carbonyl (C=O) groups excluding carboxylic acids is 1. The quantitative estimate of drug-likeness (QED) is 0.709. The molecule has 0 atom stereocenters. The molecule has 0 spiro atoms. The van der Waals surface area contributed by atoms with Crippen LogP contribution in [0.15, 0.2) is 47.1 Å². The average Bonchev–Trinajstić information content (AvgIpc) is 2.59. The smallest absolute Gasteiger partial charge is 0.244 e. The topological polar surface area (TPSA) is 60.5 Å². The van der Waals surface area contributed by atoms with Crippen molar-refractivity contribution in [1.82, 2.24) is 10.3 Å². The van der Waals surface area contributed by atoms with Crippen LogP contribution in [0.1, 0.15) is 25.0 Å². The lowest BCUT2D eigenvalue weighted by molar-refractivity contribution is -0.116. The third-order valence-corrected chi connectivity index (χ3v) is 3.72. The summed E-state index contributed by atoms with van der Waals surface area (Å²) in [6.45, 7) is 4.29. The molecule has 1 N–H and O–H groups in total. The molecule has 0 unspecified atom stereocenters. The Labute approximate surface area is 156 Å². The first kappa shape index (κ1) is 19.0. The fourth-order valence-corrected chi connectivity index (χ4v) is 2.45. The van der Waals surface area contributed by atoms with Crippen LogP contribution in [0, 0.1) is 0 Å². The Bertz CT molecular complexity index is 743. The van der Waals surface area contributed by atoms with E-state index in [2.05, 4.69) is 26.2 Å². The SMILES string of the molecule is COc1ccc(Br)cc1C=CC(=O)NCc1ccc(OC(C)C)nc1. The van der Waals surface area contributed by atoms with Gasteiger partial charge in [0.25, 0.3) is 0 Å². The highest BCUT2D eigenvalue weighted by Gasteiger charge is 2.03. The molecule has 6 heteroatoms. The largest absolute Gasteiger partial charge is 0.496 e. The van der Waals surface area contributed by atoms with Gasteiger partial charge in [-0.15, -0.1) is 0 Å². The fourth-order valence-electron chi connectivity index (χ4n) is 2.08. The van der Waals surface area contributed by atoms with Crippen molar-refractivity contribution in [3.8, 4) is 11.6 Å². The zero-order chi connectivity index (χ0) is 18.2. The van der Waals surface area contributed by atoms with Crippen LogP contribution in [0.25, 0.3) is 6.08 Å². The van der Waals surface area contributed by atoms with Crippen molar-refractivity contribution in [1.29, 1.82) is 0 Å². The van der Waals surface area contributed by atoms with Gasteiger partial charge in [0.05, 0.1) is 13.2 Å². The first-order chi connectivity index (χ1) is 12.0. The minimum Gasteiger partial charge on any atom is -0.496 e. The molecule has 0 aliphatic heterocycles. The van der Waals surface area contributed by atoms with Gasteiger partial charge in [0, 0.05) is 34.9 Å². The molecule has 1 aromatic heterocycles. The van der Waals surface area contributed by atoms with E-state index in [1.165, 1.54) is 6.08 Å². The Kier molecular flexibility index (Phi) is 7.01. The summed E-state index contributed by atoms with van der Waals surface area (Å²) in [5.74, 6) is 1.09. The van der Waals surface area contributed by atoms with Gasteiger partial charge in [0.2, 0.25) is 11.8 Å². The van der Waals surface area contributed by atoms with E-state index in [0.717, 1.165) is 15.6 Å². The number of nitrogens with one attached hydrogen (secondary N) is 1. The maximum atomic E-state index is 12.0. The Morgan fingerprint density at radius 3 is 2.76 bits per heavy atom. The van der Waals surface area contributed by atoms with Crippen molar-refractivity contribution in [2.45, 2.75) is 26.5 Å². The minimum atomic E-state index is -0.190. The second-order valence-corrected chi connectivity index (χ2v) is 6.52. The van der Waals surface area contributed by atoms with Gasteiger partial charge in [-0.2, -0.15) is 0 Å². The number of benzene rings is 1. The van der Waals surface area contributed by atoms with E-state index in [1.807, 2.05) is 38.1 Å². The Morgan fingerprint density at radius 2 is 2.12 bits per heavy atom. The van der Waals surface area contributed by atoms with Crippen molar-refractivity contribution in [2.24, 2.45) is 0 Å². The number of amides is 1. The van der Waals surface area contributed by atoms with Crippen LogP contribution in [-0.2, 0) is 11.3 Å². The minimum absolute atomic E-state index is 0.0817. The molecule has 132 valence electrons. The van der Waals surface area contributed by atoms with Crippen LogP contribution in [0.5, 0.6) is 11.6 Å². The van der Waals surface area contributed by atoms with E-state index in [9.17, 15) is 4.79 Å². The second kappa shape index (κ2) is 9.22. The molecule has 1 aromatic carbocycles. The fraction of sp³-hybridized carbons (Fsp3) is 0.263. The van der Waals surface area contributed by atoms with E-state index in [1.54, 1.807) is 25.4 Å². The second-order valence-electron chi connectivity index (χ2n) is 5.61. The summed E-state index contributed by atoms with van der Waals surface area (Å²) < 4.78 is 11.7. The number of ether oxygens (including phenoxy) is 2. The summed E-state index contributed by atoms with van der Waals surface area (Å²) in [6, 6.07) is 9.29. The van der Waals surface area contributed by atoms with Gasteiger partial charge in [0.1, 0.15) is 5.75 Å². The van der Waals surface area contributed by atoms with Gasteiger partial charge < -0.3 is 14.8 Å². The molecule has 5 nitrogen and oxygen atoms in total. The Morgan fingerprint density at radius 1 is 1.32 bits per heavy atom. The third-order valence-electron chi connectivity index (χ3n) is 3.23. The summed E-state index contributed by atoms with van der Waals surface area (Å²) in [5, 5.41) is 2.82. The number of pyridine rings is 1. The number of carbonyl (C=O) groups is 1. The van der Waals surface area contributed by atoms with Crippen LogP contribution in [0.3, 0.4) is 0 Å². The molecule has 25 heavy (non-hydrogen) atoms. The number of aromatic nitrogens is 1. The van der Waals surface area contributed by atoms with Crippen molar-refractivity contribution in [3.05, 3.63) is 58.2 Å². The van der Waals surface area contributed by atoms with Gasteiger partial charge >= 0.3 is 0 Å². The molecular formula is C19H21BrN2O3. The summed E-state index contributed by atoms with van der Waals surface area (Å²) in [6.07, 6.45) is 4.97. The molecule has 0 saturated heterocycles. The standard InChI is InChI=1S/C19H21BrN2O3/c1-13(2)25-19-9-4-14(12-22-19)11-21-18(23)8-5-15-10-16(20)6-7-17(15)24-3/h4-10,12-13H,11H2,1-3H3,(H,21,23). The van der Waals surface area contributed by atoms with Crippen molar-refractivity contribution in [2.75, 3.05) is 7.11 Å². The summed E-state index contributed by atoms with van der Waals surface area (Å²) >= 11 is 3.41. The normalized spacial score (nSPS) is 10.9. The highest BCUT2D eigenvalue weighted by molar-refractivity contribution is 9.10. The van der Waals surface area contributed by atoms with Gasteiger partial charge in [-0.1, -0.05) is 22.0 Å². The van der Waals surface area contributed by atoms with Crippen molar-refractivity contribution >= 4 is 27.9 Å². The van der Waals surface area contributed by atoms with Gasteiger partial charge in [-0.3, -0.25) is 4.79 Å². The number of nitrogens with zero attached hydrogens (tertiary/aromatic N) is 1. The Balaban J connectivity index is 1.91. The van der Waals surface area contributed by atoms with Crippen molar-refractivity contribution < 1.29 is 14.3 Å². The van der Waals surface area contributed by atoms with Crippen LogP contribution in [-0.4, -0.2) is 24.1 Å². The predicted molar refractivity (Wildman–Crippen MR) is 102 cm³/mol. The van der Waals surface area contributed by atoms with Crippen LogP contribution in [0.4, 0.5) is 0 Å². The molecule has 1 heterocycles. The number of hydrogen-bond acceptors (Lipinski definition) is 4. The van der Waals surface area contributed by atoms with E-state index < -0.39 is 0 Å². The highest BCUT2D eigenvalue weighted by Crippen LogP contribution is 2.24. The van der Waals surface area contributed by atoms with E-state index >= 15 is 0 Å². The highest BCUT2D eigenvalue weighted by atomic mass is 79.9. The number of hydrogen-bond donors (Lipinski definition) is 1. The summed E-state index contributed by atoms with van der Waals surface area (Å²) in [5.41, 5.74) is 1.72. The number of halogens is 1. The molecule has 2 aromatic rings. The van der Waals surface area contributed by atoms with Gasteiger partial charge in [0.15, 0.2) is 0 Å². The van der Waals surface area contributed by atoms with Crippen LogP contribution < -0.4 is 14.8 Å². The molecule has 0 aliphatic rings. The zero-order valence-electron chi connectivity index (χ0n) is 14.5. The molecule has 0 fully saturated rings. The Hall–Kier alpha value is -2.34. The maximum absolute atomic E-state index is 12.0. The van der Waals surface area contributed by atoms with E-state index in [4.69, 9.17) is 9.47 Å². The summed E-state index contributed by atoms with van der Waals surface area (Å²) in [4.78, 5) is 16.2. The zero-order valence-corrected chi connectivity index (χ0v) is 16.0. The molecule has 0 saturated carbocycles. The number of methoxy groups -OCH3 is 1. The van der Waals surface area contributed by atoms with Crippen LogP contribution >= 0.6 is 15.9 Å². The van der Waals surface area contributed by atoms with Gasteiger partial charge in [-0.05, 0) is 43.7 Å². The lowest BCUT2D eigenvalue weighted by Gasteiger charge is -2.09. The third kappa shape index (κ3) is 6.23. The van der Waals surface area contributed by atoms with E-state index in [-0.39, 0.29) is 12.0 Å². The monoisotopic (exact) mass is 404 g/mol. The average molecular weight is 405 g/mol. The molecular weight excluding hydrogens is 384 g/mol. The number of rotatable bonds is 7. The molecule has 0 bridgehead atoms. The first-order valence-corrected chi connectivity index (χ1v) is 8.68. The lowest BCUT2D eigenvalue weighted by atomic mass is 10.2. The summed E-state index contributed by atoms with van der Waals surface area (Å²) in [7, 11) is 1.60. The maximum Gasteiger partial charge on any atom is 0.244 e. The van der Waals surface area contributed by atoms with Gasteiger partial charge in [-0.25, -0.2) is 4.98 Å². The molecule has 1 amide bonds. The first-order valence-electron chi connectivity index (χ1n) is 7.89. The predicted octanol–water partition coefficient (Wildman–Crippen LogP) is 3.97. The van der Waals surface area contributed by atoms with E-state index in [0.29, 0.717) is 18.2 Å². The molecule has 2 rings (SSSR count). The molecule has 0 radical (unpaired) electrons. The lowest BCUT2D eigenvalue weighted by Crippen LogP contribution is -2.20. The van der Waals surface area contributed by atoms with Crippen molar-refractivity contribution in [3.63, 3.8) is 0 Å².